The van der Waals surface area contributed by atoms with Crippen LogP contribution in [0.15, 0.2) is 11.8 Å². The molecule has 59 valence electrons. The molecule has 0 nitrogen and oxygen atoms in total. The molecule has 0 atom stereocenters. The van der Waals surface area contributed by atoms with Crippen LogP contribution in [0.5, 0.6) is 0 Å². The minimum atomic E-state index is -2.22. The van der Waals surface area contributed by atoms with Crippen molar-refractivity contribution in [1.29, 1.82) is 0 Å². The molecule has 0 saturated carbocycles. The van der Waals surface area contributed by atoms with Gasteiger partial charge in [0.2, 0.25) is 0 Å². The first-order valence-corrected chi connectivity index (χ1v) is 10.7. The molecule has 0 N–H and O–H groups in total. The summed E-state index contributed by atoms with van der Waals surface area (Å²) in [5, 5.41) is 0. The number of hydrogen-bond donors (Lipinski definition) is 0. The second-order valence-corrected chi connectivity index (χ2v) is 13.7. The van der Waals surface area contributed by atoms with E-state index in [1.54, 1.807) is 0 Å². The van der Waals surface area contributed by atoms with Gasteiger partial charge in [-0.2, -0.15) is 0 Å². The fourth-order valence-corrected chi connectivity index (χ4v) is 12.3. The average Bonchev–Trinajstić information content (AvgIpc) is 1.59. The first-order chi connectivity index (χ1) is 4.48. The summed E-state index contributed by atoms with van der Waals surface area (Å²) in [5.74, 6) is 0. The van der Waals surface area contributed by atoms with Crippen molar-refractivity contribution in [2.24, 2.45) is 0 Å². The van der Waals surface area contributed by atoms with Crippen molar-refractivity contribution in [2.45, 2.75) is 12.6 Å². The molecule has 0 aliphatic carbocycles. The number of hydrogen-bond acceptors (Lipinski definition) is 0. The van der Waals surface area contributed by atoms with Crippen LogP contribution < -0.4 is 0 Å². The molecule has 10 heavy (non-hydrogen) atoms. The van der Waals surface area contributed by atoms with E-state index in [-0.39, 0.29) is 0 Å². The fraction of sp³-hybridized carbons (Fsp3) is 0.500. The van der Waals surface area contributed by atoms with Gasteiger partial charge in [-0.1, -0.05) is 11.8 Å². The predicted molar refractivity (Wildman–Crippen MR) is 54.5 cm³/mol. The van der Waals surface area contributed by atoms with Crippen molar-refractivity contribution in [2.75, 3.05) is 0 Å². The Kier molecular flexibility index (Phi) is 5.74. The topological polar surface area (TPSA) is 0 Å². The van der Waals surface area contributed by atoms with E-state index in [0.29, 0.717) is 5.67 Å². The summed E-state index contributed by atoms with van der Waals surface area (Å²) < 4.78 is 0. The van der Waals surface area contributed by atoms with Crippen molar-refractivity contribution < 1.29 is 0 Å². The van der Waals surface area contributed by atoms with E-state index in [1.807, 2.05) is 18.7 Å². The summed E-state index contributed by atoms with van der Waals surface area (Å²) in [6.45, 7) is -0.345. The molecule has 0 aromatic heterocycles. The first-order valence-electron chi connectivity index (χ1n) is 2.66. The lowest BCUT2D eigenvalue weighted by molar-refractivity contribution is 1.76. The molecule has 0 aromatic carbocycles. The molecule has 0 bridgehead atoms. The highest BCUT2D eigenvalue weighted by molar-refractivity contribution is 7.53. The van der Waals surface area contributed by atoms with Crippen LogP contribution in [-0.4, -0.2) is 14.1 Å². The molecule has 0 aliphatic heterocycles. The largest absolute Gasteiger partial charge is 0.273 e. The molecule has 6 heteroatoms. The third-order valence-corrected chi connectivity index (χ3v) is 10.1. The Bertz CT molecular complexity index is 122. The molecule has 0 aliphatic rings. The summed E-state index contributed by atoms with van der Waals surface area (Å²) in [6, 6.07) is 0. The van der Waals surface area contributed by atoms with Gasteiger partial charge in [0.15, 0.2) is 0 Å². The number of rotatable bonds is 3. The van der Waals surface area contributed by atoms with E-state index >= 15 is 0 Å². The molecule has 0 unspecified atom stereocenters. The average molecular weight is 253 g/mol. The van der Waals surface area contributed by atoms with Gasteiger partial charge in [0.1, 0.15) is 0 Å². The Labute approximate surface area is 82.5 Å². The third-order valence-electron chi connectivity index (χ3n) is 0.780. The van der Waals surface area contributed by atoms with Gasteiger partial charge in [0.25, 0.3) is 14.1 Å². The molecule has 0 saturated heterocycles. The zero-order valence-corrected chi connectivity index (χ0v) is 10.4. The first kappa shape index (κ1) is 11.3. The smallest absolute Gasteiger partial charge is 0.147 e. The second-order valence-electron chi connectivity index (χ2n) is 1.78. The highest BCUT2D eigenvalue weighted by atomic mass is 35.7. The molecular weight excluding hydrogens is 246 g/mol. The Morgan fingerprint density at radius 2 is 1.90 bits per heavy atom. The molecule has 0 amide bonds. The van der Waals surface area contributed by atoms with Crippen molar-refractivity contribution >= 4 is 58.4 Å². The molecule has 0 spiro atoms. The van der Waals surface area contributed by atoms with Crippen LogP contribution in [0.1, 0.15) is 6.92 Å². The van der Waals surface area contributed by atoms with E-state index in [1.165, 1.54) is 0 Å². The zero-order valence-electron chi connectivity index (χ0n) is 5.37. The van der Waals surface area contributed by atoms with E-state index in [0.717, 1.165) is 0 Å². The van der Waals surface area contributed by atoms with E-state index in [9.17, 15) is 0 Å². The Morgan fingerprint density at radius 3 is 2.20 bits per heavy atom. The standard InChI is InChI=1S/C4H7Cl4Si2/c1-2-3-10(7,8)4-9(5)6/h2-3H,4H2,1H3/b3-2+. The van der Waals surface area contributed by atoms with Crippen LogP contribution >= 0.6 is 44.3 Å². The summed E-state index contributed by atoms with van der Waals surface area (Å²) in [6.07, 6.45) is 1.84. The van der Waals surface area contributed by atoms with Crippen LogP contribution in [-0.2, 0) is 0 Å². The second kappa shape index (κ2) is 5.06. The monoisotopic (exact) mass is 251 g/mol. The molecule has 0 aromatic rings. The lowest BCUT2D eigenvalue weighted by Gasteiger charge is -2.09. The Hall–Kier alpha value is 1.33. The van der Waals surface area contributed by atoms with E-state index < -0.39 is 14.1 Å². The van der Waals surface area contributed by atoms with Crippen LogP contribution in [0.25, 0.3) is 0 Å². The van der Waals surface area contributed by atoms with Crippen LogP contribution in [0, 0.1) is 0 Å². The number of allylic oxidation sites excluding steroid dienone is 1. The maximum atomic E-state index is 5.91. The molecule has 0 rings (SSSR count). The zero-order chi connectivity index (χ0) is 8.20. The molecule has 0 fully saturated rings. The normalized spacial score (nSPS) is 13.4. The Morgan fingerprint density at radius 1 is 1.40 bits per heavy atom. The summed E-state index contributed by atoms with van der Waals surface area (Å²) >= 11 is 23.0. The molecular formula is C4H7Cl4Si2. The van der Waals surface area contributed by atoms with Gasteiger partial charge < -0.3 is 0 Å². The van der Waals surface area contributed by atoms with Gasteiger partial charge in [-0.05, 0) is 12.6 Å². The molecule has 1 radical (unpaired) electrons. The van der Waals surface area contributed by atoms with Crippen molar-refractivity contribution in [3.63, 3.8) is 0 Å². The lowest BCUT2D eigenvalue weighted by atomic mass is 10.8. The SMILES string of the molecule is C/C=C/[Si](Cl)(Cl)C[Si](Cl)Cl. The summed E-state index contributed by atoms with van der Waals surface area (Å²) in [4.78, 5) is 0. The van der Waals surface area contributed by atoms with Crippen molar-refractivity contribution in [1.82, 2.24) is 0 Å². The Balaban J connectivity index is 3.86. The number of halogens is 4. The van der Waals surface area contributed by atoms with Crippen LogP contribution in [0.4, 0.5) is 0 Å². The molecule has 0 heterocycles. The van der Waals surface area contributed by atoms with Gasteiger partial charge in [-0.3, -0.25) is 0 Å². The predicted octanol–water partition coefficient (Wildman–Crippen LogP) is 3.53. The van der Waals surface area contributed by atoms with Gasteiger partial charge in [0, 0.05) is 0 Å². The summed E-state index contributed by atoms with van der Waals surface area (Å²) in [5.41, 5.74) is 2.39. The van der Waals surface area contributed by atoms with Gasteiger partial charge in [-0.15, -0.1) is 44.3 Å². The minimum absolute atomic E-state index is 0.578. The third kappa shape index (κ3) is 6.07. The maximum absolute atomic E-state index is 5.91. The van der Waals surface area contributed by atoms with Crippen molar-refractivity contribution in [3.05, 3.63) is 11.8 Å². The fourth-order valence-electron chi connectivity index (χ4n) is 0.481. The van der Waals surface area contributed by atoms with Gasteiger partial charge >= 0.3 is 0 Å². The highest BCUT2D eigenvalue weighted by Gasteiger charge is 2.28. The van der Waals surface area contributed by atoms with Crippen molar-refractivity contribution in [3.8, 4) is 0 Å². The van der Waals surface area contributed by atoms with E-state index in [2.05, 4.69) is 0 Å². The van der Waals surface area contributed by atoms with Crippen LogP contribution in [0.2, 0.25) is 5.67 Å². The highest BCUT2D eigenvalue weighted by Crippen LogP contribution is 2.25. The maximum Gasteiger partial charge on any atom is 0.273 e. The van der Waals surface area contributed by atoms with Gasteiger partial charge in [0.05, 0.1) is 0 Å². The quantitative estimate of drug-likeness (QED) is 0.533. The van der Waals surface area contributed by atoms with Gasteiger partial charge in [-0.25, -0.2) is 0 Å². The summed E-state index contributed by atoms with van der Waals surface area (Å²) in [7, 11) is -1.32. The minimum Gasteiger partial charge on any atom is -0.147 e. The lowest BCUT2D eigenvalue weighted by Crippen LogP contribution is -2.20. The van der Waals surface area contributed by atoms with Crippen LogP contribution in [0.3, 0.4) is 0 Å². The van der Waals surface area contributed by atoms with E-state index in [4.69, 9.17) is 44.3 Å².